The van der Waals surface area contributed by atoms with Gasteiger partial charge in [-0.2, -0.15) is 0 Å². The fraction of sp³-hybridized carbons (Fsp3) is 0.250. The Hall–Kier alpha value is -2.96. The van der Waals surface area contributed by atoms with Crippen molar-refractivity contribution in [3.05, 3.63) is 88.1 Å². The van der Waals surface area contributed by atoms with Crippen molar-refractivity contribution in [2.45, 2.75) is 25.4 Å². The van der Waals surface area contributed by atoms with Gasteiger partial charge in [0, 0.05) is 17.5 Å². The lowest BCUT2D eigenvalue weighted by Crippen LogP contribution is -2.33. The van der Waals surface area contributed by atoms with E-state index in [9.17, 15) is 9.59 Å². The molecule has 1 aliphatic heterocycles. The fourth-order valence-electron chi connectivity index (χ4n) is 3.86. The zero-order valence-corrected chi connectivity index (χ0v) is 17.5. The number of carbonyl (C=O) groups is 2. The van der Waals surface area contributed by atoms with E-state index >= 15 is 0 Å². The first kappa shape index (κ1) is 20.3. The molecule has 1 fully saturated rings. The Labute approximate surface area is 180 Å². The lowest BCUT2D eigenvalue weighted by molar-refractivity contribution is -0.117. The topological polar surface area (TPSA) is 61.4 Å². The van der Waals surface area contributed by atoms with Crippen LogP contribution in [-0.2, 0) is 11.3 Å². The van der Waals surface area contributed by atoms with Crippen molar-refractivity contribution in [2.75, 3.05) is 18.4 Å². The number of nitrogens with one attached hydrogen (secondary N) is 2. The normalized spacial score (nSPS) is 16.3. The molecule has 6 heteroatoms. The Kier molecular flexibility index (Phi) is 6.57. The maximum atomic E-state index is 12.8. The molecule has 0 bridgehead atoms. The van der Waals surface area contributed by atoms with Crippen molar-refractivity contribution in [3.8, 4) is 0 Å². The van der Waals surface area contributed by atoms with Crippen LogP contribution in [0.1, 0.15) is 39.7 Å². The minimum atomic E-state index is -0.201. The van der Waals surface area contributed by atoms with Gasteiger partial charge in [0.15, 0.2) is 0 Å². The molecule has 0 radical (unpaired) electrons. The highest BCUT2D eigenvalue weighted by atomic mass is 32.1. The summed E-state index contributed by atoms with van der Waals surface area (Å²) in [6, 6.07) is 21.4. The van der Waals surface area contributed by atoms with E-state index < -0.39 is 0 Å². The molecule has 2 aromatic carbocycles. The Morgan fingerprint density at radius 2 is 1.80 bits per heavy atom. The van der Waals surface area contributed by atoms with Crippen LogP contribution in [0.5, 0.6) is 0 Å². The van der Waals surface area contributed by atoms with Crippen molar-refractivity contribution in [3.63, 3.8) is 0 Å². The van der Waals surface area contributed by atoms with E-state index in [1.165, 1.54) is 4.88 Å². The Balaban J connectivity index is 1.38. The van der Waals surface area contributed by atoms with Gasteiger partial charge in [-0.3, -0.25) is 14.5 Å². The first-order chi connectivity index (χ1) is 14.7. The van der Waals surface area contributed by atoms with Crippen LogP contribution >= 0.6 is 11.3 Å². The van der Waals surface area contributed by atoms with Gasteiger partial charge >= 0.3 is 0 Å². The van der Waals surface area contributed by atoms with E-state index in [1.807, 2.05) is 36.4 Å². The van der Waals surface area contributed by atoms with E-state index in [2.05, 4.69) is 33.0 Å². The van der Waals surface area contributed by atoms with Gasteiger partial charge in [0.2, 0.25) is 5.91 Å². The number of rotatable bonds is 7. The highest BCUT2D eigenvalue weighted by molar-refractivity contribution is 7.10. The summed E-state index contributed by atoms with van der Waals surface area (Å²) >= 11 is 1.74. The highest BCUT2D eigenvalue weighted by Gasteiger charge is 2.28. The van der Waals surface area contributed by atoms with Gasteiger partial charge in [-0.15, -0.1) is 11.3 Å². The van der Waals surface area contributed by atoms with Crippen LogP contribution in [0.2, 0.25) is 0 Å². The number of hydrogen-bond acceptors (Lipinski definition) is 4. The van der Waals surface area contributed by atoms with Crippen molar-refractivity contribution in [2.24, 2.45) is 0 Å². The summed E-state index contributed by atoms with van der Waals surface area (Å²) in [5.41, 5.74) is 2.04. The van der Waals surface area contributed by atoms with E-state index in [4.69, 9.17) is 0 Å². The Morgan fingerprint density at radius 1 is 1.00 bits per heavy atom. The van der Waals surface area contributed by atoms with E-state index in [-0.39, 0.29) is 11.8 Å². The van der Waals surface area contributed by atoms with E-state index in [1.54, 1.807) is 29.5 Å². The molecule has 2 amide bonds. The average molecular weight is 420 g/mol. The molecular weight excluding hydrogens is 394 g/mol. The van der Waals surface area contributed by atoms with Gasteiger partial charge in [-0.25, -0.2) is 0 Å². The second-order valence-electron chi connectivity index (χ2n) is 7.41. The molecule has 1 atom stereocenters. The van der Waals surface area contributed by atoms with Gasteiger partial charge in [-0.1, -0.05) is 48.5 Å². The molecule has 30 heavy (non-hydrogen) atoms. The molecule has 0 spiro atoms. The van der Waals surface area contributed by atoms with Gasteiger partial charge < -0.3 is 10.6 Å². The van der Waals surface area contributed by atoms with Crippen LogP contribution < -0.4 is 10.6 Å². The number of likely N-dealkylation sites (tertiary alicyclic amines) is 1. The average Bonchev–Trinajstić information content (AvgIpc) is 3.45. The minimum absolute atomic E-state index is 0.0956. The van der Waals surface area contributed by atoms with Crippen molar-refractivity contribution >= 4 is 28.8 Å². The first-order valence-corrected chi connectivity index (χ1v) is 11.1. The molecule has 5 nitrogen and oxygen atoms in total. The summed E-state index contributed by atoms with van der Waals surface area (Å²) in [6.45, 7) is 1.68. The second kappa shape index (κ2) is 9.69. The number of benzene rings is 2. The number of nitrogens with zero attached hydrogens (tertiary/aromatic N) is 1. The van der Waals surface area contributed by atoms with E-state index in [0.29, 0.717) is 30.4 Å². The zero-order valence-electron chi connectivity index (χ0n) is 16.7. The molecule has 1 unspecified atom stereocenters. The predicted octanol–water partition coefficient (Wildman–Crippen LogP) is 4.45. The number of carbonyl (C=O) groups excluding carboxylic acids is 2. The van der Waals surface area contributed by atoms with Gasteiger partial charge in [0.1, 0.15) is 0 Å². The van der Waals surface area contributed by atoms with E-state index in [0.717, 1.165) is 24.9 Å². The molecule has 0 aliphatic carbocycles. The lowest BCUT2D eigenvalue weighted by atomic mass is 10.1. The summed E-state index contributed by atoms with van der Waals surface area (Å²) in [6.07, 6.45) is 2.17. The molecule has 1 saturated heterocycles. The largest absolute Gasteiger partial charge is 0.348 e. The molecular formula is C24H25N3O2S. The zero-order chi connectivity index (χ0) is 20.8. The number of thiophene rings is 1. The van der Waals surface area contributed by atoms with Crippen LogP contribution in [0.3, 0.4) is 0 Å². The van der Waals surface area contributed by atoms with Crippen LogP contribution in [0, 0.1) is 0 Å². The summed E-state index contributed by atoms with van der Waals surface area (Å²) < 4.78 is 0. The summed E-state index contributed by atoms with van der Waals surface area (Å²) in [5, 5.41) is 7.95. The molecule has 1 aliphatic rings. The Bertz CT molecular complexity index is 989. The lowest BCUT2D eigenvalue weighted by Gasteiger charge is -2.23. The summed E-state index contributed by atoms with van der Waals surface area (Å²) in [4.78, 5) is 29.0. The minimum Gasteiger partial charge on any atom is -0.348 e. The van der Waals surface area contributed by atoms with Gasteiger partial charge in [-0.05, 0) is 48.5 Å². The Morgan fingerprint density at radius 3 is 2.60 bits per heavy atom. The highest BCUT2D eigenvalue weighted by Crippen LogP contribution is 2.34. The number of amides is 2. The third kappa shape index (κ3) is 4.96. The van der Waals surface area contributed by atoms with Gasteiger partial charge in [0.05, 0.1) is 17.8 Å². The monoisotopic (exact) mass is 419 g/mol. The molecule has 3 aromatic rings. The summed E-state index contributed by atoms with van der Waals surface area (Å²) in [7, 11) is 0. The molecule has 2 N–H and O–H groups in total. The quantitative estimate of drug-likeness (QED) is 0.595. The van der Waals surface area contributed by atoms with Crippen LogP contribution in [-0.4, -0.2) is 29.8 Å². The van der Waals surface area contributed by atoms with Crippen LogP contribution in [0.4, 0.5) is 5.69 Å². The number of para-hydroxylation sites is 1. The molecule has 1 aromatic heterocycles. The number of hydrogen-bond donors (Lipinski definition) is 2. The van der Waals surface area contributed by atoms with Crippen molar-refractivity contribution in [1.82, 2.24) is 10.2 Å². The predicted molar refractivity (Wildman–Crippen MR) is 121 cm³/mol. The SMILES string of the molecule is O=C(CN1CCCC1c1cccs1)Nc1ccccc1C(=O)NCc1ccccc1. The first-order valence-electron chi connectivity index (χ1n) is 10.2. The fourth-order valence-corrected chi connectivity index (χ4v) is 4.75. The maximum Gasteiger partial charge on any atom is 0.253 e. The maximum absolute atomic E-state index is 12.8. The van der Waals surface area contributed by atoms with Crippen LogP contribution in [0.25, 0.3) is 0 Å². The third-order valence-electron chi connectivity index (χ3n) is 5.32. The second-order valence-corrected chi connectivity index (χ2v) is 8.39. The van der Waals surface area contributed by atoms with Crippen molar-refractivity contribution < 1.29 is 9.59 Å². The smallest absolute Gasteiger partial charge is 0.253 e. The summed E-state index contributed by atoms with van der Waals surface area (Å²) in [5.74, 6) is -0.297. The van der Waals surface area contributed by atoms with Crippen LogP contribution in [0.15, 0.2) is 72.1 Å². The number of anilines is 1. The van der Waals surface area contributed by atoms with Gasteiger partial charge in [0.25, 0.3) is 5.91 Å². The molecule has 4 rings (SSSR count). The molecule has 154 valence electrons. The third-order valence-corrected chi connectivity index (χ3v) is 6.30. The standard InChI is InChI=1S/C24H25N3O2S/c28-23(17-27-14-6-12-21(27)22-13-7-15-30-22)26-20-11-5-4-10-19(20)24(29)25-16-18-8-2-1-3-9-18/h1-5,7-11,13,15,21H,6,12,14,16-17H2,(H,25,29)(H,26,28). The molecule has 0 saturated carbocycles. The van der Waals surface area contributed by atoms with Crippen molar-refractivity contribution in [1.29, 1.82) is 0 Å². The molecule has 2 heterocycles.